The molecule has 0 radical (unpaired) electrons. The lowest BCUT2D eigenvalue weighted by molar-refractivity contribution is 0.418. The van der Waals surface area contributed by atoms with Crippen LogP contribution in [0.5, 0.6) is 0 Å². The summed E-state index contributed by atoms with van der Waals surface area (Å²) in [5, 5.41) is 11.0. The number of aromatic nitrogens is 1. The molecule has 0 spiro atoms. The number of halogens is 1. The Kier molecular flexibility index (Phi) is 3.63. The molecule has 0 N–H and O–H groups in total. The van der Waals surface area contributed by atoms with Gasteiger partial charge in [0.15, 0.2) is 0 Å². The van der Waals surface area contributed by atoms with E-state index in [0.717, 1.165) is 29.9 Å². The fourth-order valence-electron chi connectivity index (χ4n) is 2.10. The molecular formula is C15H17ClN2. The van der Waals surface area contributed by atoms with Crippen LogP contribution in [0, 0.1) is 16.7 Å². The molecule has 0 amide bonds. The number of nitrogens with zero attached hydrogens (tertiary/aromatic N) is 2. The molecule has 0 aliphatic heterocycles. The molecule has 0 atom stereocenters. The highest BCUT2D eigenvalue weighted by atomic mass is 35.5. The van der Waals surface area contributed by atoms with Crippen LogP contribution in [-0.4, -0.2) is 4.57 Å². The van der Waals surface area contributed by atoms with Gasteiger partial charge in [-0.3, -0.25) is 0 Å². The summed E-state index contributed by atoms with van der Waals surface area (Å²) < 4.78 is 2.20. The molecule has 0 saturated carbocycles. The molecule has 0 bridgehead atoms. The van der Waals surface area contributed by atoms with E-state index in [1.807, 2.05) is 32.0 Å². The highest BCUT2D eigenvalue weighted by molar-refractivity contribution is 6.31. The second-order valence-electron chi connectivity index (χ2n) is 5.31. The lowest BCUT2D eigenvalue weighted by Crippen LogP contribution is -2.09. The summed E-state index contributed by atoms with van der Waals surface area (Å²) in [4.78, 5) is 0. The average molecular weight is 261 g/mol. The standard InChI is InChI=1S/C15H17ClN2/c1-15(2,11-17)7-3-8-18-9-6-12-4-5-13(16)10-14(12)18/h4-6,9-10H,3,7-8H2,1-2H3. The fourth-order valence-corrected chi connectivity index (χ4v) is 2.27. The first-order chi connectivity index (χ1) is 8.52. The minimum Gasteiger partial charge on any atom is -0.347 e. The summed E-state index contributed by atoms with van der Waals surface area (Å²) in [5.41, 5.74) is 0.929. The van der Waals surface area contributed by atoms with Crippen molar-refractivity contribution in [1.82, 2.24) is 4.57 Å². The van der Waals surface area contributed by atoms with Crippen molar-refractivity contribution >= 4 is 22.5 Å². The molecule has 18 heavy (non-hydrogen) atoms. The Morgan fingerprint density at radius 2 is 2.11 bits per heavy atom. The van der Waals surface area contributed by atoms with Gasteiger partial charge in [0, 0.05) is 23.3 Å². The number of aryl methyl sites for hydroxylation is 1. The Bertz CT molecular complexity index is 590. The van der Waals surface area contributed by atoms with E-state index in [1.165, 1.54) is 5.39 Å². The van der Waals surface area contributed by atoms with Crippen molar-refractivity contribution in [3.05, 3.63) is 35.5 Å². The van der Waals surface area contributed by atoms with Crippen LogP contribution in [0.3, 0.4) is 0 Å². The monoisotopic (exact) mass is 260 g/mol. The highest BCUT2D eigenvalue weighted by Crippen LogP contribution is 2.24. The summed E-state index contributed by atoms with van der Waals surface area (Å²) in [5.74, 6) is 0. The van der Waals surface area contributed by atoms with E-state index >= 15 is 0 Å². The Balaban J connectivity index is 2.09. The highest BCUT2D eigenvalue weighted by Gasteiger charge is 2.15. The van der Waals surface area contributed by atoms with Crippen LogP contribution in [0.1, 0.15) is 26.7 Å². The predicted octanol–water partition coefficient (Wildman–Crippen LogP) is 4.62. The van der Waals surface area contributed by atoms with Crippen LogP contribution in [0.25, 0.3) is 10.9 Å². The summed E-state index contributed by atoms with van der Waals surface area (Å²) in [7, 11) is 0. The zero-order chi connectivity index (χ0) is 13.2. The van der Waals surface area contributed by atoms with Gasteiger partial charge < -0.3 is 4.57 Å². The Morgan fingerprint density at radius 3 is 2.83 bits per heavy atom. The molecule has 2 nitrogen and oxygen atoms in total. The van der Waals surface area contributed by atoms with E-state index in [-0.39, 0.29) is 5.41 Å². The molecular weight excluding hydrogens is 244 g/mol. The third-order valence-corrected chi connectivity index (χ3v) is 3.47. The molecule has 0 saturated heterocycles. The quantitative estimate of drug-likeness (QED) is 0.788. The van der Waals surface area contributed by atoms with Crippen LogP contribution in [0.15, 0.2) is 30.5 Å². The normalized spacial score (nSPS) is 11.7. The minimum absolute atomic E-state index is 0.236. The Labute approximate surface area is 113 Å². The summed E-state index contributed by atoms with van der Waals surface area (Å²) in [6.07, 6.45) is 3.99. The van der Waals surface area contributed by atoms with Crippen LogP contribution >= 0.6 is 11.6 Å². The van der Waals surface area contributed by atoms with E-state index in [1.54, 1.807) is 0 Å². The number of hydrogen-bond acceptors (Lipinski definition) is 1. The Morgan fingerprint density at radius 1 is 1.33 bits per heavy atom. The van der Waals surface area contributed by atoms with E-state index in [2.05, 4.69) is 22.9 Å². The minimum atomic E-state index is -0.236. The van der Waals surface area contributed by atoms with Gasteiger partial charge in [0.25, 0.3) is 0 Å². The third kappa shape index (κ3) is 2.86. The first-order valence-electron chi connectivity index (χ1n) is 6.17. The van der Waals surface area contributed by atoms with Crippen molar-refractivity contribution < 1.29 is 0 Å². The molecule has 2 aromatic rings. The second kappa shape index (κ2) is 5.04. The molecule has 0 fully saturated rings. The molecule has 2 rings (SSSR count). The largest absolute Gasteiger partial charge is 0.347 e. The van der Waals surface area contributed by atoms with Crippen molar-refractivity contribution in [2.45, 2.75) is 33.2 Å². The fraction of sp³-hybridized carbons (Fsp3) is 0.400. The third-order valence-electron chi connectivity index (χ3n) is 3.24. The zero-order valence-electron chi connectivity index (χ0n) is 10.8. The molecule has 94 valence electrons. The number of fused-ring (bicyclic) bond motifs is 1. The molecule has 0 aliphatic rings. The first-order valence-corrected chi connectivity index (χ1v) is 6.55. The second-order valence-corrected chi connectivity index (χ2v) is 5.75. The smallest absolute Gasteiger partial charge is 0.0683 e. The summed E-state index contributed by atoms with van der Waals surface area (Å²) >= 11 is 6.02. The van der Waals surface area contributed by atoms with E-state index in [0.29, 0.717) is 0 Å². The van der Waals surface area contributed by atoms with Crippen LogP contribution in [0.2, 0.25) is 5.02 Å². The van der Waals surface area contributed by atoms with Gasteiger partial charge in [-0.1, -0.05) is 17.7 Å². The SMILES string of the molecule is CC(C)(C#N)CCCn1ccc2ccc(Cl)cc21. The molecule has 3 heteroatoms. The van der Waals surface area contributed by atoms with Crippen LogP contribution in [0.4, 0.5) is 0 Å². The zero-order valence-corrected chi connectivity index (χ0v) is 11.5. The van der Waals surface area contributed by atoms with Gasteiger partial charge in [-0.05, 0) is 50.3 Å². The van der Waals surface area contributed by atoms with E-state index in [9.17, 15) is 0 Å². The molecule has 1 aromatic carbocycles. The van der Waals surface area contributed by atoms with Gasteiger partial charge in [-0.25, -0.2) is 0 Å². The van der Waals surface area contributed by atoms with Gasteiger partial charge in [-0.15, -0.1) is 0 Å². The maximum absolute atomic E-state index is 8.99. The van der Waals surface area contributed by atoms with Gasteiger partial charge in [-0.2, -0.15) is 5.26 Å². The molecule has 1 aromatic heterocycles. The lowest BCUT2D eigenvalue weighted by Gasteiger charge is -2.15. The van der Waals surface area contributed by atoms with Gasteiger partial charge in [0.1, 0.15) is 0 Å². The maximum atomic E-state index is 8.99. The predicted molar refractivity (Wildman–Crippen MR) is 75.6 cm³/mol. The molecule has 0 aliphatic carbocycles. The summed E-state index contributed by atoms with van der Waals surface area (Å²) in [6, 6.07) is 10.4. The van der Waals surface area contributed by atoms with E-state index < -0.39 is 0 Å². The average Bonchev–Trinajstić information content (AvgIpc) is 2.72. The number of nitriles is 1. The number of benzene rings is 1. The van der Waals surface area contributed by atoms with Crippen molar-refractivity contribution in [2.75, 3.05) is 0 Å². The van der Waals surface area contributed by atoms with E-state index in [4.69, 9.17) is 16.9 Å². The summed E-state index contributed by atoms with van der Waals surface area (Å²) in [6.45, 7) is 4.89. The Hall–Kier alpha value is -1.46. The molecule has 0 unspecified atom stereocenters. The lowest BCUT2D eigenvalue weighted by atomic mass is 9.90. The van der Waals surface area contributed by atoms with Crippen LogP contribution < -0.4 is 0 Å². The van der Waals surface area contributed by atoms with Crippen molar-refractivity contribution in [1.29, 1.82) is 5.26 Å². The van der Waals surface area contributed by atoms with Gasteiger partial charge in [0.05, 0.1) is 11.5 Å². The van der Waals surface area contributed by atoms with Crippen molar-refractivity contribution in [3.8, 4) is 6.07 Å². The first kappa shape index (κ1) is 13.0. The number of rotatable bonds is 4. The number of hydrogen-bond donors (Lipinski definition) is 0. The topological polar surface area (TPSA) is 28.7 Å². The van der Waals surface area contributed by atoms with Crippen molar-refractivity contribution in [2.24, 2.45) is 5.41 Å². The van der Waals surface area contributed by atoms with Gasteiger partial charge >= 0.3 is 0 Å². The molecule has 1 heterocycles. The van der Waals surface area contributed by atoms with Gasteiger partial charge in [0.2, 0.25) is 0 Å². The van der Waals surface area contributed by atoms with Crippen molar-refractivity contribution in [3.63, 3.8) is 0 Å². The maximum Gasteiger partial charge on any atom is 0.0683 e. The van der Waals surface area contributed by atoms with Crippen LogP contribution in [-0.2, 0) is 6.54 Å².